The second kappa shape index (κ2) is 7.38. The van der Waals surface area contributed by atoms with Crippen molar-refractivity contribution in [1.82, 2.24) is 0 Å². The standard InChI is InChI=1S/C14H21NO4S/c1-9(2)20-14-8-12(18-4)11(7-13(14)19-5)6-10(3)15(16)17/h7-10H,6H2,1-5H3/t10-/m0/s1. The fourth-order valence-electron chi connectivity index (χ4n) is 1.83. The molecule has 0 amide bonds. The van der Waals surface area contributed by atoms with Gasteiger partial charge >= 0.3 is 0 Å². The molecule has 1 atom stereocenters. The highest BCUT2D eigenvalue weighted by Crippen LogP contribution is 2.38. The fraction of sp³-hybridized carbons (Fsp3) is 0.571. The molecule has 1 aromatic rings. The molecular formula is C14H21NO4S. The zero-order valence-corrected chi connectivity index (χ0v) is 13.3. The van der Waals surface area contributed by atoms with Crippen molar-refractivity contribution in [3.63, 3.8) is 0 Å². The highest BCUT2D eigenvalue weighted by molar-refractivity contribution is 8.00. The molecule has 0 aliphatic carbocycles. The summed E-state index contributed by atoms with van der Waals surface area (Å²) in [6.45, 7) is 5.78. The van der Waals surface area contributed by atoms with E-state index >= 15 is 0 Å². The molecule has 0 aliphatic rings. The first-order valence-corrected chi connectivity index (χ1v) is 7.32. The summed E-state index contributed by atoms with van der Waals surface area (Å²) in [4.78, 5) is 11.5. The zero-order valence-electron chi connectivity index (χ0n) is 12.5. The Bertz CT molecular complexity index is 476. The van der Waals surface area contributed by atoms with E-state index in [2.05, 4.69) is 13.8 Å². The maximum Gasteiger partial charge on any atom is 0.214 e. The molecule has 112 valence electrons. The summed E-state index contributed by atoms with van der Waals surface area (Å²) in [5.74, 6) is 1.40. The van der Waals surface area contributed by atoms with E-state index in [0.717, 1.165) is 16.2 Å². The van der Waals surface area contributed by atoms with Crippen molar-refractivity contribution in [1.29, 1.82) is 0 Å². The van der Waals surface area contributed by atoms with Crippen LogP contribution in [0.5, 0.6) is 11.5 Å². The Morgan fingerprint density at radius 3 is 2.25 bits per heavy atom. The van der Waals surface area contributed by atoms with Gasteiger partial charge in [0.15, 0.2) is 0 Å². The number of hydrogen-bond acceptors (Lipinski definition) is 5. The van der Waals surface area contributed by atoms with Gasteiger partial charge in [0.1, 0.15) is 11.5 Å². The summed E-state index contributed by atoms with van der Waals surface area (Å²) in [7, 11) is 3.18. The lowest BCUT2D eigenvalue weighted by atomic mass is 10.1. The normalized spacial score (nSPS) is 12.3. The van der Waals surface area contributed by atoms with Gasteiger partial charge in [-0.2, -0.15) is 0 Å². The third-order valence-electron chi connectivity index (χ3n) is 2.80. The second-order valence-corrected chi connectivity index (χ2v) is 6.44. The van der Waals surface area contributed by atoms with Gasteiger partial charge in [0.25, 0.3) is 0 Å². The molecule has 0 N–H and O–H groups in total. The smallest absolute Gasteiger partial charge is 0.214 e. The van der Waals surface area contributed by atoms with Crippen LogP contribution in [0.4, 0.5) is 0 Å². The molecule has 0 radical (unpaired) electrons. The summed E-state index contributed by atoms with van der Waals surface area (Å²) >= 11 is 1.67. The third-order valence-corrected chi connectivity index (χ3v) is 3.85. The first kappa shape index (κ1) is 16.6. The van der Waals surface area contributed by atoms with Gasteiger partial charge in [0, 0.05) is 29.1 Å². The van der Waals surface area contributed by atoms with Gasteiger partial charge in [0.2, 0.25) is 6.04 Å². The lowest BCUT2D eigenvalue weighted by Crippen LogP contribution is -2.18. The molecule has 6 heteroatoms. The molecular weight excluding hydrogens is 278 g/mol. The minimum Gasteiger partial charge on any atom is -0.496 e. The van der Waals surface area contributed by atoms with Crippen molar-refractivity contribution in [2.24, 2.45) is 0 Å². The van der Waals surface area contributed by atoms with E-state index in [9.17, 15) is 10.1 Å². The Morgan fingerprint density at radius 1 is 1.20 bits per heavy atom. The summed E-state index contributed by atoms with van der Waals surface area (Å²) in [6.07, 6.45) is 0.319. The molecule has 1 aromatic carbocycles. The molecule has 0 heterocycles. The van der Waals surface area contributed by atoms with Crippen LogP contribution in [0.3, 0.4) is 0 Å². The van der Waals surface area contributed by atoms with Gasteiger partial charge in [-0.25, -0.2) is 0 Å². The summed E-state index contributed by atoms with van der Waals surface area (Å²) in [5.41, 5.74) is 0.793. The van der Waals surface area contributed by atoms with Gasteiger partial charge in [-0.3, -0.25) is 10.1 Å². The predicted molar refractivity (Wildman–Crippen MR) is 80.7 cm³/mol. The Labute approximate surface area is 123 Å². The molecule has 0 aromatic heterocycles. The Morgan fingerprint density at radius 2 is 1.80 bits per heavy atom. The van der Waals surface area contributed by atoms with Crippen LogP contribution >= 0.6 is 11.8 Å². The maximum atomic E-state index is 10.8. The molecule has 20 heavy (non-hydrogen) atoms. The summed E-state index contributed by atoms with van der Waals surface area (Å²) < 4.78 is 10.7. The molecule has 0 unspecified atom stereocenters. The number of hydrogen-bond donors (Lipinski definition) is 0. The Kier molecular flexibility index (Phi) is 6.13. The molecule has 0 bridgehead atoms. The van der Waals surface area contributed by atoms with Crippen LogP contribution in [0.1, 0.15) is 26.3 Å². The summed E-state index contributed by atoms with van der Waals surface area (Å²) in [5, 5.41) is 11.2. The van der Waals surface area contributed by atoms with Crippen LogP contribution in [-0.4, -0.2) is 30.4 Å². The van der Waals surface area contributed by atoms with Gasteiger partial charge in [-0.1, -0.05) is 13.8 Å². The first-order chi connectivity index (χ1) is 9.38. The SMILES string of the molecule is COc1cc(SC(C)C)c(OC)cc1C[C@H](C)[N+](=O)[O-]. The third kappa shape index (κ3) is 4.30. The predicted octanol–water partition coefficient (Wildman–Crippen LogP) is 3.41. The van der Waals surface area contributed by atoms with Crippen LogP contribution in [0.2, 0.25) is 0 Å². The average molecular weight is 299 g/mol. The van der Waals surface area contributed by atoms with Gasteiger partial charge in [0.05, 0.1) is 19.1 Å². The van der Waals surface area contributed by atoms with Crippen molar-refractivity contribution in [2.75, 3.05) is 14.2 Å². The number of methoxy groups -OCH3 is 2. The molecule has 0 fully saturated rings. The van der Waals surface area contributed by atoms with E-state index in [1.54, 1.807) is 32.9 Å². The maximum absolute atomic E-state index is 10.8. The minimum atomic E-state index is -0.655. The van der Waals surface area contributed by atoms with Crippen LogP contribution in [0, 0.1) is 10.1 Å². The number of nitro groups is 1. The second-order valence-electron chi connectivity index (χ2n) is 4.82. The van der Waals surface area contributed by atoms with Crippen molar-refractivity contribution in [3.8, 4) is 11.5 Å². The lowest BCUT2D eigenvalue weighted by molar-refractivity contribution is -0.517. The van der Waals surface area contributed by atoms with Crippen LogP contribution in [-0.2, 0) is 6.42 Å². The van der Waals surface area contributed by atoms with E-state index in [-0.39, 0.29) is 4.92 Å². The highest BCUT2D eigenvalue weighted by atomic mass is 32.2. The van der Waals surface area contributed by atoms with E-state index in [0.29, 0.717) is 17.4 Å². The van der Waals surface area contributed by atoms with Gasteiger partial charge < -0.3 is 9.47 Å². The quantitative estimate of drug-likeness (QED) is 0.438. The first-order valence-electron chi connectivity index (χ1n) is 6.44. The molecule has 0 saturated heterocycles. The van der Waals surface area contributed by atoms with Gasteiger partial charge in [-0.05, 0) is 12.1 Å². The monoisotopic (exact) mass is 299 g/mol. The highest BCUT2D eigenvalue weighted by Gasteiger charge is 2.19. The van der Waals surface area contributed by atoms with Crippen molar-refractivity contribution < 1.29 is 14.4 Å². The van der Waals surface area contributed by atoms with Crippen molar-refractivity contribution in [2.45, 2.75) is 43.4 Å². The van der Waals surface area contributed by atoms with E-state index < -0.39 is 6.04 Å². The van der Waals surface area contributed by atoms with Crippen molar-refractivity contribution in [3.05, 3.63) is 27.8 Å². The number of ether oxygens (including phenoxy) is 2. The van der Waals surface area contributed by atoms with E-state index in [1.807, 2.05) is 12.1 Å². The number of nitrogens with zero attached hydrogens (tertiary/aromatic N) is 1. The summed E-state index contributed by atoms with van der Waals surface area (Å²) in [6, 6.07) is 3.08. The van der Waals surface area contributed by atoms with Crippen LogP contribution < -0.4 is 9.47 Å². The van der Waals surface area contributed by atoms with Crippen molar-refractivity contribution >= 4 is 11.8 Å². The topological polar surface area (TPSA) is 61.6 Å². The number of rotatable bonds is 7. The largest absolute Gasteiger partial charge is 0.496 e. The zero-order chi connectivity index (χ0) is 15.3. The molecule has 0 saturated carbocycles. The van der Waals surface area contributed by atoms with E-state index in [1.165, 1.54) is 0 Å². The van der Waals surface area contributed by atoms with E-state index in [4.69, 9.17) is 9.47 Å². The average Bonchev–Trinajstić information content (AvgIpc) is 2.38. The molecule has 5 nitrogen and oxygen atoms in total. The number of benzene rings is 1. The Balaban J connectivity index is 3.14. The van der Waals surface area contributed by atoms with Crippen LogP contribution in [0.25, 0.3) is 0 Å². The minimum absolute atomic E-state index is 0.289. The van der Waals surface area contributed by atoms with Gasteiger partial charge in [-0.15, -0.1) is 11.8 Å². The molecule has 1 rings (SSSR count). The van der Waals surface area contributed by atoms with Crippen LogP contribution in [0.15, 0.2) is 17.0 Å². The fourth-order valence-corrected chi connectivity index (χ4v) is 2.77. The number of thioether (sulfide) groups is 1. The molecule has 0 aliphatic heterocycles. The lowest BCUT2D eigenvalue weighted by Gasteiger charge is -2.16. The Hall–Kier alpha value is -1.43. The molecule has 0 spiro atoms.